The van der Waals surface area contributed by atoms with Gasteiger partial charge in [-0.25, -0.2) is 0 Å². The minimum Gasteiger partial charge on any atom is -0.508 e. The lowest BCUT2D eigenvalue weighted by Crippen LogP contribution is -2.46. The second kappa shape index (κ2) is 9.65. The zero-order chi connectivity index (χ0) is 22.5. The SMILES string of the molecule is CC(C)C1OC(=O)CC1NC(=O)CNC(=O)c1cc(O)cc(NC2=NCC(O)CN2)c1. The van der Waals surface area contributed by atoms with Crippen molar-refractivity contribution >= 4 is 29.4 Å². The van der Waals surface area contributed by atoms with Crippen molar-refractivity contribution in [2.75, 3.05) is 25.0 Å². The summed E-state index contributed by atoms with van der Waals surface area (Å²) in [4.78, 5) is 40.3. The number of esters is 1. The number of cyclic esters (lactones) is 1. The molecule has 1 aromatic rings. The summed E-state index contributed by atoms with van der Waals surface area (Å²) in [6.45, 7) is 4.08. The van der Waals surface area contributed by atoms with Gasteiger partial charge in [-0.2, -0.15) is 0 Å². The Hall–Kier alpha value is -3.34. The predicted octanol–water partition coefficient (Wildman–Crippen LogP) is -0.690. The van der Waals surface area contributed by atoms with E-state index in [-0.39, 0.29) is 42.7 Å². The van der Waals surface area contributed by atoms with Crippen molar-refractivity contribution in [2.24, 2.45) is 10.9 Å². The van der Waals surface area contributed by atoms with Crippen molar-refractivity contribution < 1.29 is 29.3 Å². The third-order valence-corrected chi connectivity index (χ3v) is 4.87. The number of nitrogens with zero attached hydrogens (tertiary/aromatic N) is 1. The maximum atomic E-state index is 12.5. The minimum absolute atomic E-state index is 0.0519. The molecule has 0 spiro atoms. The molecule has 1 aromatic carbocycles. The molecule has 0 aliphatic carbocycles. The Balaban J connectivity index is 1.56. The highest BCUT2D eigenvalue weighted by Gasteiger charge is 2.37. The summed E-state index contributed by atoms with van der Waals surface area (Å²) in [7, 11) is 0. The summed E-state index contributed by atoms with van der Waals surface area (Å²) >= 11 is 0. The molecule has 0 aromatic heterocycles. The number of aliphatic hydroxyl groups is 1. The molecule has 11 heteroatoms. The molecule has 3 rings (SSSR count). The van der Waals surface area contributed by atoms with Crippen molar-refractivity contribution in [3.05, 3.63) is 23.8 Å². The number of hydrogen-bond donors (Lipinski definition) is 6. The van der Waals surface area contributed by atoms with Gasteiger partial charge in [-0.1, -0.05) is 13.8 Å². The van der Waals surface area contributed by atoms with Gasteiger partial charge in [0.1, 0.15) is 11.9 Å². The van der Waals surface area contributed by atoms with Gasteiger partial charge in [0, 0.05) is 23.9 Å². The van der Waals surface area contributed by atoms with Gasteiger partial charge in [-0.05, 0) is 18.1 Å². The van der Waals surface area contributed by atoms with Gasteiger partial charge in [0.2, 0.25) is 5.91 Å². The summed E-state index contributed by atoms with van der Waals surface area (Å²) in [5.74, 6) is -1.04. The van der Waals surface area contributed by atoms with E-state index in [9.17, 15) is 24.6 Å². The Labute approximate surface area is 179 Å². The molecule has 0 saturated carbocycles. The number of anilines is 1. The van der Waals surface area contributed by atoms with E-state index < -0.39 is 30.1 Å². The maximum Gasteiger partial charge on any atom is 0.308 e. The number of rotatable bonds is 6. The number of amides is 2. The van der Waals surface area contributed by atoms with Crippen LogP contribution < -0.4 is 21.3 Å². The van der Waals surface area contributed by atoms with Crippen LogP contribution in [0.3, 0.4) is 0 Å². The number of ether oxygens (including phenoxy) is 1. The first-order valence-corrected chi connectivity index (χ1v) is 10.1. The smallest absolute Gasteiger partial charge is 0.308 e. The first-order chi connectivity index (χ1) is 14.7. The molecular weight excluding hydrogens is 406 g/mol. The second-order valence-electron chi connectivity index (χ2n) is 7.88. The number of β-amino-alcohol motifs (C(OH)–C–C–N with tert-alkyl or cyclic N) is 1. The average molecular weight is 433 g/mol. The van der Waals surface area contributed by atoms with Crippen LogP contribution in [0.5, 0.6) is 5.75 Å². The Morgan fingerprint density at radius 2 is 2.10 bits per heavy atom. The molecule has 2 heterocycles. The normalized spacial score (nSPS) is 22.9. The fourth-order valence-corrected chi connectivity index (χ4v) is 3.40. The van der Waals surface area contributed by atoms with Gasteiger partial charge in [0.25, 0.3) is 5.91 Å². The highest BCUT2D eigenvalue weighted by molar-refractivity contribution is 6.00. The van der Waals surface area contributed by atoms with E-state index in [1.54, 1.807) is 0 Å². The van der Waals surface area contributed by atoms with Crippen LogP contribution in [0.25, 0.3) is 0 Å². The summed E-state index contributed by atoms with van der Waals surface area (Å²) in [5, 5.41) is 30.4. The Morgan fingerprint density at radius 1 is 1.32 bits per heavy atom. The van der Waals surface area contributed by atoms with E-state index in [0.717, 1.165) is 0 Å². The molecule has 6 N–H and O–H groups in total. The molecule has 31 heavy (non-hydrogen) atoms. The topological polar surface area (TPSA) is 161 Å². The van der Waals surface area contributed by atoms with Crippen LogP contribution in [0.1, 0.15) is 30.6 Å². The first kappa shape index (κ1) is 22.3. The van der Waals surface area contributed by atoms with Crippen LogP contribution >= 0.6 is 0 Å². The zero-order valence-corrected chi connectivity index (χ0v) is 17.3. The van der Waals surface area contributed by atoms with Crippen molar-refractivity contribution in [1.82, 2.24) is 16.0 Å². The first-order valence-electron chi connectivity index (χ1n) is 10.1. The molecule has 2 amide bonds. The number of phenols is 1. The molecule has 0 radical (unpaired) electrons. The largest absolute Gasteiger partial charge is 0.508 e. The van der Waals surface area contributed by atoms with E-state index in [4.69, 9.17) is 4.74 Å². The quantitative estimate of drug-likeness (QED) is 0.321. The van der Waals surface area contributed by atoms with E-state index in [1.165, 1.54) is 18.2 Å². The molecule has 3 unspecified atom stereocenters. The Kier molecular flexibility index (Phi) is 6.95. The number of phenolic OH excluding ortho intramolecular Hbond substituents is 1. The van der Waals surface area contributed by atoms with Gasteiger partial charge in [0.15, 0.2) is 5.96 Å². The number of carbonyl (C=O) groups excluding carboxylic acids is 3. The average Bonchev–Trinajstić information content (AvgIpc) is 3.07. The standard InChI is InChI=1S/C20H27N5O6/c1-10(2)18-15(6-17(29)31-18)25-16(28)9-21-19(30)11-3-12(5-13(26)4-11)24-20-22-7-14(27)8-23-20/h3-5,10,14-15,18,26-27H,6-9H2,1-2H3,(H,21,30)(H,25,28)(H2,22,23,24). The van der Waals surface area contributed by atoms with Gasteiger partial charge in [-0.15, -0.1) is 0 Å². The predicted molar refractivity (Wildman–Crippen MR) is 112 cm³/mol. The monoisotopic (exact) mass is 433 g/mol. The summed E-state index contributed by atoms with van der Waals surface area (Å²) < 4.78 is 5.22. The lowest BCUT2D eigenvalue weighted by atomic mass is 9.99. The summed E-state index contributed by atoms with van der Waals surface area (Å²) in [5.41, 5.74) is 0.560. The van der Waals surface area contributed by atoms with E-state index in [0.29, 0.717) is 18.2 Å². The molecular formula is C20H27N5O6. The van der Waals surface area contributed by atoms with Crippen molar-refractivity contribution in [3.8, 4) is 5.75 Å². The van der Waals surface area contributed by atoms with Crippen LogP contribution in [0.4, 0.5) is 5.69 Å². The highest BCUT2D eigenvalue weighted by atomic mass is 16.6. The minimum atomic E-state index is -0.563. The molecule has 2 aliphatic heterocycles. The number of guanidine groups is 1. The van der Waals surface area contributed by atoms with Crippen LogP contribution in [0.15, 0.2) is 23.2 Å². The number of aromatic hydroxyl groups is 1. The number of nitrogens with one attached hydrogen (secondary N) is 4. The van der Waals surface area contributed by atoms with Crippen LogP contribution in [-0.2, 0) is 14.3 Å². The molecule has 1 saturated heterocycles. The molecule has 2 aliphatic rings. The lowest BCUT2D eigenvalue weighted by Gasteiger charge is -2.22. The molecule has 3 atom stereocenters. The van der Waals surface area contributed by atoms with Gasteiger partial charge >= 0.3 is 5.97 Å². The molecule has 168 valence electrons. The number of benzene rings is 1. The summed E-state index contributed by atoms with van der Waals surface area (Å²) in [6.07, 6.45) is -0.866. The number of hydrogen-bond acceptors (Lipinski definition) is 9. The lowest BCUT2D eigenvalue weighted by molar-refractivity contribution is -0.143. The molecule has 0 bridgehead atoms. The highest BCUT2D eigenvalue weighted by Crippen LogP contribution is 2.22. The Bertz CT molecular complexity index is 887. The zero-order valence-electron chi connectivity index (χ0n) is 17.3. The third kappa shape index (κ3) is 6.07. The maximum absolute atomic E-state index is 12.5. The fraction of sp³-hybridized carbons (Fsp3) is 0.500. The van der Waals surface area contributed by atoms with E-state index >= 15 is 0 Å². The fourth-order valence-electron chi connectivity index (χ4n) is 3.40. The molecule has 11 nitrogen and oxygen atoms in total. The number of aliphatic hydroxyl groups excluding tert-OH is 1. The van der Waals surface area contributed by atoms with Gasteiger partial charge in [0.05, 0.1) is 31.7 Å². The van der Waals surface area contributed by atoms with Gasteiger partial charge in [-0.3, -0.25) is 19.4 Å². The van der Waals surface area contributed by atoms with Crippen LogP contribution in [0.2, 0.25) is 0 Å². The number of aliphatic imine (C=N–C) groups is 1. The third-order valence-electron chi connectivity index (χ3n) is 4.87. The summed E-state index contributed by atoms with van der Waals surface area (Å²) in [6, 6.07) is 3.76. The van der Waals surface area contributed by atoms with Crippen LogP contribution in [0, 0.1) is 5.92 Å². The molecule has 1 fully saturated rings. The number of carbonyl (C=O) groups is 3. The van der Waals surface area contributed by atoms with Crippen molar-refractivity contribution in [3.63, 3.8) is 0 Å². The Morgan fingerprint density at radius 3 is 2.77 bits per heavy atom. The van der Waals surface area contributed by atoms with E-state index in [1.807, 2.05) is 13.8 Å². The van der Waals surface area contributed by atoms with E-state index in [2.05, 4.69) is 26.3 Å². The second-order valence-corrected chi connectivity index (χ2v) is 7.88. The van der Waals surface area contributed by atoms with Crippen LogP contribution in [-0.4, -0.2) is 71.8 Å². The van der Waals surface area contributed by atoms with Crippen molar-refractivity contribution in [2.45, 2.75) is 38.5 Å². The van der Waals surface area contributed by atoms with Gasteiger partial charge < -0.3 is 36.2 Å². The van der Waals surface area contributed by atoms with Crippen molar-refractivity contribution in [1.29, 1.82) is 0 Å².